The molecular formula is C22H23BrN4O2S. The van der Waals surface area contributed by atoms with Crippen LogP contribution in [-0.2, 0) is 11.3 Å². The van der Waals surface area contributed by atoms with E-state index in [0.29, 0.717) is 12.2 Å². The Kier molecular flexibility index (Phi) is 6.46. The number of amides is 1. The van der Waals surface area contributed by atoms with Crippen LogP contribution in [0.25, 0.3) is 11.3 Å². The second-order valence-electron chi connectivity index (χ2n) is 7.40. The topological polar surface area (TPSA) is 90.1 Å². The summed E-state index contributed by atoms with van der Waals surface area (Å²) in [4.78, 5) is 21.6. The number of ether oxygens (including phenoxy) is 1. The zero-order valence-electron chi connectivity index (χ0n) is 16.6. The number of pyridine rings is 1. The van der Waals surface area contributed by atoms with Gasteiger partial charge >= 0.3 is 0 Å². The molecule has 1 saturated carbocycles. The van der Waals surface area contributed by atoms with Gasteiger partial charge in [0.25, 0.3) is 5.91 Å². The number of hydrogen-bond donors (Lipinski definition) is 2. The van der Waals surface area contributed by atoms with Crippen LogP contribution >= 0.6 is 27.3 Å². The summed E-state index contributed by atoms with van der Waals surface area (Å²) in [6.07, 6.45) is 4.46. The zero-order chi connectivity index (χ0) is 21.1. The van der Waals surface area contributed by atoms with E-state index in [4.69, 9.17) is 10.5 Å². The Balaban J connectivity index is 1.43. The number of carbonyl (C=O) groups is 1. The summed E-state index contributed by atoms with van der Waals surface area (Å²) in [5.41, 5.74) is 9.07. The lowest BCUT2D eigenvalue weighted by atomic mass is 10.1. The van der Waals surface area contributed by atoms with Crippen molar-refractivity contribution in [1.29, 1.82) is 0 Å². The molecular weight excluding hydrogens is 464 g/mol. The van der Waals surface area contributed by atoms with E-state index in [2.05, 4.69) is 31.2 Å². The minimum absolute atomic E-state index is 0.0175. The van der Waals surface area contributed by atoms with Gasteiger partial charge in [-0.05, 0) is 49.9 Å². The van der Waals surface area contributed by atoms with E-state index in [0.717, 1.165) is 45.6 Å². The molecule has 3 aromatic rings. The summed E-state index contributed by atoms with van der Waals surface area (Å²) < 4.78 is 7.16. The molecule has 8 heteroatoms. The molecule has 2 aromatic heterocycles. The van der Waals surface area contributed by atoms with Crippen LogP contribution in [0.3, 0.4) is 0 Å². The SMILES string of the molecule is Cc1nc(-c2cnc(N)c(C(=O)N[C@H]3CCC[C@@H]3OCc3ccc(Br)cc3)c2)cs1. The average Bonchev–Trinajstić information content (AvgIpc) is 3.36. The van der Waals surface area contributed by atoms with Crippen molar-refractivity contribution in [1.82, 2.24) is 15.3 Å². The first-order valence-electron chi connectivity index (χ1n) is 9.84. The maximum atomic E-state index is 13.0. The molecule has 1 amide bonds. The monoisotopic (exact) mass is 486 g/mol. The lowest BCUT2D eigenvalue weighted by Crippen LogP contribution is -2.41. The molecule has 0 unspecified atom stereocenters. The molecule has 0 bridgehead atoms. The van der Waals surface area contributed by atoms with E-state index in [1.807, 2.05) is 36.6 Å². The fourth-order valence-electron chi connectivity index (χ4n) is 3.61. The number of carbonyl (C=O) groups excluding carboxylic acids is 1. The number of thiazole rings is 1. The minimum atomic E-state index is -0.224. The van der Waals surface area contributed by atoms with Gasteiger partial charge in [0.05, 0.1) is 35.0 Å². The Morgan fingerprint density at radius 1 is 1.33 bits per heavy atom. The summed E-state index contributed by atoms with van der Waals surface area (Å²) in [6.45, 7) is 2.47. The predicted octanol–water partition coefficient (Wildman–Crippen LogP) is 4.73. The Morgan fingerprint density at radius 3 is 2.87 bits per heavy atom. The van der Waals surface area contributed by atoms with Gasteiger partial charge in [0.1, 0.15) is 5.82 Å². The number of hydrogen-bond acceptors (Lipinski definition) is 6. The summed E-state index contributed by atoms with van der Waals surface area (Å²) in [5, 5.41) is 6.02. The lowest BCUT2D eigenvalue weighted by molar-refractivity contribution is 0.0272. The average molecular weight is 487 g/mol. The van der Waals surface area contributed by atoms with Gasteiger partial charge in [-0.15, -0.1) is 11.3 Å². The van der Waals surface area contributed by atoms with Crippen LogP contribution in [0.1, 0.15) is 40.2 Å². The van der Waals surface area contributed by atoms with Crippen molar-refractivity contribution in [3.63, 3.8) is 0 Å². The van der Waals surface area contributed by atoms with Crippen LogP contribution < -0.4 is 11.1 Å². The van der Waals surface area contributed by atoms with E-state index in [1.54, 1.807) is 23.6 Å². The Hall–Kier alpha value is -2.29. The van der Waals surface area contributed by atoms with Crippen molar-refractivity contribution in [2.45, 2.75) is 44.9 Å². The largest absolute Gasteiger partial charge is 0.383 e. The molecule has 0 saturated heterocycles. The number of aryl methyl sites for hydroxylation is 1. The Morgan fingerprint density at radius 2 is 2.13 bits per heavy atom. The minimum Gasteiger partial charge on any atom is -0.383 e. The zero-order valence-corrected chi connectivity index (χ0v) is 19.0. The summed E-state index contributed by atoms with van der Waals surface area (Å²) in [7, 11) is 0. The van der Waals surface area contributed by atoms with Crippen LogP contribution in [0.5, 0.6) is 0 Å². The number of nitrogens with two attached hydrogens (primary N) is 1. The molecule has 0 spiro atoms. The van der Waals surface area contributed by atoms with Gasteiger partial charge in [0.15, 0.2) is 0 Å². The predicted molar refractivity (Wildman–Crippen MR) is 122 cm³/mol. The van der Waals surface area contributed by atoms with E-state index in [1.165, 1.54) is 0 Å². The third-order valence-electron chi connectivity index (χ3n) is 5.22. The summed E-state index contributed by atoms with van der Waals surface area (Å²) in [5.74, 6) is -0.00790. The normalized spacial score (nSPS) is 18.5. The highest BCUT2D eigenvalue weighted by Crippen LogP contribution is 2.26. The number of rotatable bonds is 6. The van der Waals surface area contributed by atoms with Gasteiger partial charge in [-0.3, -0.25) is 4.79 Å². The standard InChI is InChI=1S/C22H23BrN4O2S/c1-13-26-19(12-30-13)15-9-17(21(24)25-10-15)22(28)27-18-3-2-4-20(18)29-11-14-5-7-16(23)8-6-14/h5-10,12,18,20H,2-4,11H2,1H3,(H2,24,25)(H,27,28)/t18-,20-/m0/s1. The molecule has 30 heavy (non-hydrogen) atoms. The van der Waals surface area contributed by atoms with Crippen LogP contribution in [0, 0.1) is 6.92 Å². The van der Waals surface area contributed by atoms with Gasteiger partial charge in [0, 0.05) is 21.6 Å². The highest BCUT2D eigenvalue weighted by Gasteiger charge is 2.30. The van der Waals surface area contributed by atoms with E-state index < -0.39 is 0 Å². The molecule has 2 heterocycles. The first kappa shape index (κ1) is 21.0. The first-order valence-corrected chi connectivity index (χ1v) is 11.5. The second kappa shape index (κ2) is 9.24. The summed E-state index contributed by atoms with van der Waals surface area (Å²) >= 11 is 5.00. The van der Waals surface area contributed by atoms with Crippen molar-refractivity contribution in [3.05, 3.63) is 62.5 Å². The molecule has 156 valence electrons. The van der Waals surface area contributed by atoms with Crippen LogP contribution in [0.4, 0.5) is 5.82 Å². The number of nitrogen functional groups attached to an aromatic ring is 1. The van der Waals surface area contributed by atoms with Crippen molar-refractivity contribution >= 4 is 39.0 Å². The highest BCUT2D eigenvalue weighted by atomic mass is 79.9. The molecule has 1 aliphatic carbocycles. The van der Waals surface area contributed by atoms with Gasteiger partial charge in [-0.1, -0.05) is 28.1 Å². The Labute approximate surface area is 188 Å². The number of anilines is 1. The highest BCUT2D eigenvalue weighted by molar-refractivity contribution is 9.10. The number of halogens is 1. The third-order valence-corrected chi connectivity index (χ3v) is 6.53. The third kappa shape index (κ3) is 4.88. The molecule has 1 fully saturated rings. The number of nitrogens with one attached hydrogen (secondary N) is 1. The van der Waals surface area contributed by atoms with Crippen LogP contribution in [-0.4, -0.2) is 28.0 Å². The number of nitrogens with zero attached hydrogens (tertiary/aromatic N) is 2. The van der Waals surface area contributed by atoms with Gasteiger partial charge in [-0.25, -0.2) is 9.97 Å². The van der Waals surface area contributed by atoms with Gasteiger partial charge in [-0.2, -0.15) is 0 Å². The number of benzene rings is 1. The smallest absolute Gasteiger partial charge is 0.255 e. The fourth-order valence-corrected chi connectivity index (χ4v) is 4.50. The summed E-state index contributed by atoms with van der Waals surface area (Å²) in [6, 6.07) is 9.78. The fraction of sp³-hybridized carbons (Fsp3) is 0.318. The van der Waals surface area contributed by atoms with Crippen LogP contribution in [0.15, 0.2) is 46.4 Å². The molecule has 0 radical (unpaired) electrons. The molecule has 1 aliphatic rings. The van der Waals surface area contributed by atoms with Crippen LogP contribution in [0.2, 0.25) is 0 Å². The molecule has 0 aliphatic heterocycles. The maximum absolute atomic E-state index is 13.0. The molecule has 1 aromatic carbocycles. The Bertz CT molecular complexity index is 1040. The van der Waals surface area contributed by atoms with Gasteiger partial charge < -0.3 is 15.8 Å². The second-order valence-corrected chi connectivity index (χ2v) is 9.37. The van der Waals surface area contributed by atoms with Crippen molar-refractivity contribution in [2.75, 3.05) is 5.73 Å². The van der Waals surface area contributed by atoms with Crippen molar-refractivity contribution in [2.24, 2.45) is 0 Å². The van der Waals surface area contributed by atoms with Crippen molar-refractivity contribution < 1.29 is 9.53 Å². The molecule has 2 atom stereocenters. The number of aromatic nitrogens is 2. The lowest BCUT2D eigenvalue weighted by Gasteiger charge is -2.22. The quantitative estimate of drug-likeness (QED) is 0.525. The molecule has 6 nitrogen and oxygen atoms in total. The maximum Gasteiger partial charge on any atom is 0.255 e. The van der Waals surface area contributed by atoms with Crippen molar-refractivity contribution in [3.8, 4) is 11.3 Å². The van der Waals surface area contributed by atoms with Gasteiger partial charge in [0.2, 0.25) is 0 Å². The molecule has 3 N–H and O–H groups in total. The van der Waals surface area contributed by atoms with E-state index in [9.17, 15) is 4.79 Å². The van der Waals surface area contributed by atoms with E-state index >= 15 is 0 Å². The van der Waals surface area contributed by atoms with E-state index in [-0.39, 0.29) is 23.9 Å². The molecule has 4 rings (SSSR count). The first-order chi connectivity index (χ1) is 14.5.